The van der Waals surface area contributed by atoms with Crippen molar-refractivity contribution < 1.29 is 28.3 Å². The average Bonchev–Trinajstić information content (AvgIpc) is 3.07. The summed E-state index contributed by atoms with van der Waals surface area (Å²) < 4.78 is 27.0. The van der Waals surface area contributed by atoms with Gasteiger partial charge in [-0.3, -0.25) is 14.4 Å². The summed E-state index contributed by atoms with van der Waals surface area (Å²) in [6.07, 6.45) is -0.906. The first-order valence-electron chi connectivity index (χ1n) is 12.4. The Hall–Kier alpha value is -4.11. The monoisotopic (exact) mass is 521 g/mol. The van der Waals surface area contributed by atoms with Crippen LogP contribution in [-0.2, 0) is 14.4 Å². The molecular weight excluding hydrogens is 492 g/mol. The Kier molecular flexibility index (Phi) is 8.48. The summed E-state index contributed by atoms with van der Waals surface area (Å²) in [5.41, 5.74) is 1.71. The van der Waals surface area contributed by atoms with Crippen molar-refractivity contribution in [2.75, 3.05) is 0 Å². The summed E-state index contributed by atoms with van der Waals surface area (Å²) in [7, 11) is 0. The van der Waals surface area contributed by atoms with Crippen molar-refractivity contribution in [3.63, 3.8) is 0 Å². The van der Waals surface area contributed by atoms with Crippen LogP contribution >= 0.6 is 0 Å². The van der Waals surface area contributed by atoms with Gasteiger partial charge >= 0.3 is 0 Å². The maximum absolute atomic E-state index is 13.5. The Morgan fingerprint density at radius 3 is 2.08 bits per heavy atom. The molecular formula is C29H29F2N3O4. The van der Waals surface area contributed by atoms with Gasteiger partial charge in [-0.25, -0.2) is 8.78 Å². The number of halogens is 2. The topological polar surface area (TPSA) is 108 Å². The standard InChI is InChI=1S/C29H29F2N3O4/c1-17(32-29(38)26(35)21-12-22(30)16-23(31)13-21)27(36)34-25-15-20(18-8-4-2-5-9-18)14-24(33-28(25)37)19-10-6-3-7-11-19/h2-13,16-17,20,24-26,35H,14-15H2,1H3,(H,32,38)(H,33,37)(H,34,36)/t17-,20+,24-,25-,26+/m0/s1. The van der Waals surface area contributed by atoms with Crippen molar-refractivity contribution in [3.8, 4) is 0 Å². The number of rotatable bonds is 7. The summed E-state index contributed by atoms with van der Waals surface area (Å²) in [4.78, 5) is 38.6. The maximum Gasteiger partial charge on any atom is 0.254 e. The van der Waals surface area contributed by atoms with E-state index in [0.29, 0.717) is 18.9 Å². The quantitative estimate of drug-likeness (QED) is 0.382. The fraction of sp³-hybridized carbons (Fsp3) is 0.276. The van der Waals surface area contributed by atoms with Gasteiger partial charge in [-0.1, -0.05) is 60.7 Å². The van der Waals surface area contributed by atoms with Gasteiger partial charge in [0, 0.05) is 6.07 Å². The van der Waals surface area contributed by atoms with Crippen LogP contribution in [0.25, 0.3) is 0 Å². The highest BCUT2D eigenvalue weighted by Gasteiger charge is 2.34. The fourth-order valence-corrected chi connectivity index (χ4v) is 4.67. The number of hydrogen-bond acceptors (Lipinski definition) is 4. The zero-order valence-corrected chi connectivity index (χ0v) is 20.7. The van der Waals surface area contributed by atoms with Crippen LogP contribution in [0.15, 0.2) is 78.9 Å². The van der Waals surface area contributed by atoms with E-state index in [1.54, 1.807) is 0 Å². The van der Waals surface area contributed by atoms with E-state index >= 15 is 0 Å². The second-order valence-corrected chi connectivity index (χ2v) is 9.45. The summed E-state index contributed by atoms with van der Waals surface area (Å²) in [5, 5.41) is 18.3. The van der Waals surface area contributed by atoms with Gasteiger partial charge in [0.1, 0.15) is 23.7 Å². The molecule has 4 rings (SSSR count). The van der Waals surface area contributed by atoms with Crippen molar-refractivity contribution in [3.05, 3.63) is 107 Å². The summed E-state index contributed by atoms with van der Waals surface area (Å²) in [5.74, 6) is -3.92. The molecule has 0 aliphatic carbocycles. The van der Waals surface area contributed by atoms with E-state index in [4.69, 9.17) is 0 Å². The van der Waals surface area contributed by atoms with Crippen LogP contribution in [0.5, 0.6) is 0 Å². The molecule has 38 heavy (non-hydrogen) atoms. The first-order chi connectivity index (χ1) is 18.2. The molecule has 0 radical (unpaired) electrons. The molecule has 198 valence electrons. The molecule has 3 amide bonds. The number of benzene rings is 3. The lowest BCUT2D eigenvalue weighted by atomic mass is 9.86. The van der Waals surface area contributed by atoms with Crippen LogP contribution in [0.1, 0.15) is 54.5 Å². The molecule has 5 atom stereocenters. The minimum Gasteiger partial charge on any atom is -0.378 e. The van der Waals surface area contributed by atoms with Gasteiger partial charge in [0.15, 0.2) is 6.10 Å². The third-order valence-corrected chi connectivity index (χ3v) is 6.66. The average molecular weight is 522 g/mol. The Balaban J connectivity index is 1.46. The summed E-state index contributed by atoms with van der Waals surface area (Å²) in [6.45, 7) is 1.39. The van der Waals surface area contributed by atoms with Crippen LogP contribution in [0.4, 0.5) is 8.78 Å². The molecule has 0 unspecified atom stereocenters. The summed E-state index contributed by atoms with van der Waals surface area (Å²) in [6, 6.07) is 19.4. The summed E-state index contributed by atoms with van der Waals surface area (Å²) >= 11 is 0. The van der Waals surface area contributed by atoms with Crippen molar-refractivity contribution in [1.29, 1.82) is 0 Å². The van der Waals surface area contributed by atoms with E-state index in [2.05, 4.69) is 16.0 Å². The molecule has 1 aliphatic rings. The molecule has 7 nitrogen and oxygen atoms in total. The molecule has 3 aromatic rings. The van der Waals surface area contributed by atoms with Crippen LogP contribution in [0.3, 0.4) is 0 Å². The highest BCUT2D eigenvalue weighted by Crippen LogP contribution is 2.34. The van der Waals surface area contributed by atoms with Crippen LogP contribution < -0.4 is 16.0 Å². The molecule has 3 aromatic carbocycles. The molecule has 0 aromatic heterocycles. The SMILES string of the molecule is C[C@H](NC(=O)[C@H](O)c1cc(F)cc(F)c1)C(=O)N[C@H]1C[C@H](c2ccccc2)C[C@@H](c2ccccc2)NC1=O. The van der Waals surface area contributed by atoms with Gasteiger partial charge in [0.2, 0.25) is 11.8 Å². The lowest BCUT2D eigenvalue weighted by Gasteiger charge is -2.23. The second kappa shape index (κ2) is 12.0. The lowest BCUT2D eigenvalue weighted by Crippen LogP contribution is -2.53. The highest BCUT2D eigenvalue weighted by molar-refractivity contribution is 5.93. The Labute approximate surface area is 219 Å². The third-order valence-electron chi connectivity index (χ3n) is 6.66. The van der Waals surface area contributed by atoms with Crippen LogP contribution in [0.2, 0.25) is 0 Å². The minimum atomic E-state index is -1.88. The van der Waals surface area contributed by atoms with Crippen molar-refractivity contribution in [2.24, 2.45) is 0 Å². The zero-order valence-electron chi connectivity index (χ0n) is 20.7. The Bertz CT molecular complexity index is 1270. The van der Waals surface area contributed by atoms with Crippen LogP contribution in [0, 0.1) is 11.6 Å². The van der Waals surface area contributed by atoms with E-state index in [-0.39, 0.29) is 23.4 Å². The Morgan fingerprint density at radius 1 is 0.895 bits per heavy atom. The van der Waals surface area contributed by atoms with E-state index in [1.807, 2.05) is 60.7 Å². The minimum absolute atomic E-state index is 0.0414. The van der Waals surface area contributed by atoms with Gasteiger partial charge in [0.05, 0.1) is 6.04 Å². The highest BCUT2D eigenvalue weighted by atomic mass is 19.1. The largest absolute Gasteiger partial charge is 0.378 e. The molecule has 1 heterocycles. The van der Waals surface area contributed by atoms with Crippen molar-refractivity contribution >= 4 is 17.7 Å². The van der Waals surface area contributed by atoms with Gasteiger partial charge in [-0.2, -0.15) is 0 Å². The molecule has 1 fully saturated rings. The molecule has 4 N–H and O–H groups in total. The predicted octanol–water partition coefficient (Wildman–Crippen LogP) is 3.42. The normalized spacial score (nSPS) is 20.9. The number of aliphatic hydroxyl groups excluding tert-OH is 1. The molecule has 0 spiro atoms. The van der Waals surface area contributed by atoms with Gasteiger partial charge < -0.3 is 21.1 Å². The number of carbonyl (C=O) groups is 3. The fourth-order valence-electron chi connectivity index (χ4n) is 4.67. The number of carbonyl (C=O) groups excluding carboxylic acids is 3. The van der Waals surface area contributed by atoms with Crippen molar-refractivity contribution in [2.45, 2.75) is 49.9 Å². The molecule has 0 bridgehead atoms. The maximum atomic E-state index is 13.5. The van der Waals surface area contributed by atoms with E-state index in [9.17, 15) is 28.3 Å². The van der Waals surface area contributed by atoms with Gasteiger partial charge in [-0.15, -0.1) is 0 Å². The predicted molar refractivity (Wildman–Crippen MR) is 137 cm³/mol. The van der Waals surface area contributed by atoms with Gasteiger partial charge in [0.25, 0.3) is 5.91 Å². The van der Waals surface area contributed by atoms with Gasteiger partial charge in [-0.05, 0) is 54.5 Å². The molecule has 1 aliphatic heterocycles. The molecule has 0 saturated carbocycles. The van der Waals surface area contributed by atoms with E-state index < -0.39 is 41.6 Å². The molecule has 9 heteroatoms. The molecule has 1 saturated heterocycles. The first-order valence-corrected chi connectivity index (χ1v) is 12.4. The number of aliphatic hydroxyl groups is 1. The lowest BCUT2D eigenvalue weighted by molar-refractivity contribution is -0.135. The number of hydrogen-bond donors (Lipinski definition) is 4. The van der Waals surface area contributed by atoms with E-state index in [0.717, 1.165) is 23.3 Å². The number of nitrogens with one attached hydrogen (secondary N) is 3. The smallest absolute Gasteiger partial charge is 0.254 e. The number of amides is 3. The van der Waals surface area contributed by atoms with Crippen molar-refractivity contribution in [1.82, 2.24) is 16.0 Å². The van der Waals surface area contributed by atoms with E-state index in [1.165, 1.54) is 6.92 Å². The first kappa shape index (κ1) is 26.9. The Morgan fingerprint density at radius 2 is 1.47 bits per heavy atom. The third kappa shape index (κ3) is 6.60. The van der Waals surface area contributed by atoms with Crippen LogP contribution in [-0.4, -0.2) is 34.9 Å². The second-order valence-electron chi connectivity index (χ2n) is 9.45. The zero-order chi connectivity index (χ0) is 27.2.